The Morgan fingerprint density at radius 3 is 3.00 bits per heavy atom. The zero-order valence-corrected chi connectivity index (χ0v) is 5.07. The van der Waals surface area contributed by atoms with E-state index in [9.17, 15) is 0 Å². The molecule has 0 amide bonds. The van der Waals surface area contributed by atoms with Crippen molar-refractivity contribution in [1.82, 2.24) is 4.98 Å². The van der Waals surface area contributed by atoms with Crippen molar-refractivity contribution >= 4 is 0 Å². The minimum absolute atomic E-state index is 0.616. The van der Waals surface area contributed by atoms with E-state index >= 15 is 0 Å². The molecular formula is C6H6N3+. The van der Waals surface area contributed by atoms with Gasteiger partial charge in [-0.2, -0.15) is 5.26 Å². The van der Waals surface area contributed by atoms with Crippen LogP contribution in [0.1, 0.15) is 5.69 Å². The van der Waals surface area contributed by atoms with E-state index in [1.54, 1.807) is 30.2 Å². The Morgan fingerprint density at radius 2 is 2.56 bits per heavy atom. The molecule has 0 saturated carbocycles. The first kappa shape index (κ1) is 5.70. The summed E-state index contributed by atoms with van der Waals surface area (Å²) in [6, 6.07) is 3.68. The summed E-state index contributed by atoms with van der Waals surface area (Å²) >= 11 is 0. The Balaban J connectivity index is 3.20. The molecule has 0 saturated heterocycles. The molecule has 1 aromatic rings. The largest absolute Gasteiger partial charge is 0.286 e. The Morgan fingerprint density at radius 1 is 1.78 bits per heavy atom. The molecule has 1 rings (SSSR count). The highest BCUT2D eigenvalue weighted by atomic mass is 15.0. The molecule has 0 bridgehead atoms. The van der Waals surface area contributed by atoms with Crippen molar-refractivity contribution in [2.45, 2.75) is 0 Å². The summed E-state index contributed by atoms with van der Waals surface area (Å²) in [5, 5.41) is 8.42. The number of nitriles is 1. The minimum atomic E-state index is 0.616. The van der Waals surface area contributed by atoms with Crippen molar-refractivity contribution in [3.8, 4) is 6.07 Å². The van der Waals surface area contributed by atoms with Crippen molar-refractivity contribution in [2.75, 3.05) is 0 Å². The van der Waals surface area contributed by atoms with Crippen molar-refractivity contribution in [3.05, 3.63) is 24.3 Å². The molecular weight excluding hydrogens is 114 g/mol. The van der Waals surface area contributed by atoms with Crippen molar-refractivity contribution < 1.29 is 4.57 Å². The van der Waals surface area contributed by atoms with Gasteiger partial charge < -0.3 is 0 Å². The lowest BCUT2D eigenvalue weighted by Crippen LogP contribution is -2.31. The first-order valence-corrected chi connectivity index (χ1v) is 2.54. The lowest BCUT2D eigenvalue weighted by Gasteiger charge is -1.85. The Hall–Kier alpha value is -1.43. The first-order valence-electron chi connectivity index (χ1n) is 2.54. The number of rotatable bonds is 0. The molecule has 3 heteroatoms. The zero-order valence-electron chi connectivity index (χ0n) is 5.07. The molecule has 0 aliphatic carbocycles. The van der Waals surface area contributed by atoms with E-state index < -0.39 is 0 Å². The topological polar surface area (TPSA) is 40.6 Å². The van der Waals surface area contributed by atoms with E-state index in [0.29, 0.717) is 5.69 Å². The summed E-state index contributed by atoms with van der Waals surface area (Å²) in [6.07, 6.45) is 3.19. The van der Waals surface area contributed by atoms with Gasteiger partial charge in [0.05, 0.1) is 7.05 Å². The maximum absolute atomic E-state index is 8.42. The number of aryl methyl sites for hydroxylation is 1. The Kier molecular flexibility index (Phi) is 1.41. The van der Waals surface area contributed by atoms with Gasteiger partial charge in [0.15, 0.2) is 0 Å². The summed E-state index contributed by atoms with van der Waals surface area (Å²) in [5.41, 5.74) is 0.616. The summed E-state index contributed by atoms with van der Waals surface area (Å²) in [5.74, 6) is 0. The van der Waals surface area contributed by atoms with Crippen LogP contribution >= 0.6 is 0 Å². The van der Waals surface area contributed by atoms with Crippen LogP contribution < -0.4 is 4.57 Å². The molecule has 9 heavy (non-hydrogen) atoms. The van der Waals surface area contributed by atoms with Gasteiger partial charge in [-0.25, -0.2) is 4.57 Å². The highest BCUT2D eigenvalue weighted by molar-refractivity contribution is 5.10. The fourth-order valence-electron chi connectivity index (χ4n) is 0.548. The second-order valence-electron chi connectivity index (χ2n) is 1.69. The number of nitrogens with zero attached hydrogens (tertiary/aromatic N) is 3. The van der Waals surface area contributed by atoms with Gasteiger partial charge in [-0.1, -0.05) is 4.98 Å². The van der Waals surface area contributed by atoms with E-state index in [-0.39, 0.29) is 0 Å². The summed E-state index contributed by atoms with van der Waals surface area (Å²) in [6.45, 7) is 0. The Bertz CT molecular complexity index is 249. The van der Waals surface area contributed by atoms with Gasteiger partial charge in [-0.3, -0.25) is 0 Å². The van der Waals surface area contributed by atoms with Gasteiger partial charge in [0, 0.05) is 6.07 Å². The SMILES string of the molecule is C[n+]1cnccc1C#N. The lowest BCUT2D eigenvalue weighted by molar-refractivity contribution is -0.677. The van der Waals surface area contributed by atoms with E-state index in [0.717, 1.165) is 0 Å². The summed E-state index contributed by atoms with van der Waals surface area (Å²) in [7, 11) is 1.78. The summed E-state index contributed by atoms with van der Waals surface area (Å²) in [4.78, 5) is 3.80. The van der Waals surface area contributed by atoms with Crippen molar-refractivity contribution in [1.29, 1.82) is 5.26 Å². The van der Waals surface area contributed by atoms with Crippen LogP contribution in [0.5, 0.6) is 0 Å². The molecule has 0 aliphatic rings. The van der Waals surface area contributed by atoms with Gasteiger partial charge in [-0.15, -0.1) is 0 Å². The highest BCUT2D eigenvalue weighted by Gasteiger charge is 1.97. The van der Waals surface area contributed by atoms with Crippen LogP contribution in [0.15, 0.2) is 18.6 Å². The van der Waals surface area contributed by atoms with Crippen LogP contribution in [-0.4, -0.2) is 4.98 Å². The van der Waals surface area contributed by atoms with Crippen molar-refractivity contribution in [2.24, 2.45) is 7.05 Å². The molecule has 0 spiro atoms. The zero-order chi connectivity index (χ0) is 6.69. The smallest absolute Gasteiger partial charge is 0.224 e. The standard InChI is InChI=1S/C6H6N3/c1-9-5-8-3-2-6(9)4-7/h2-3,5H,1H3/q+1. The van der Waals surface area contributed by atoms with Crippen LogP contribution in [0.3, 0.4) is 0 Å². The van der Waals surface area contributed by atoms with Crippen LogP contribution in [0.2, 0.25) is 0 Å². The Labute approximate surface area is 53.2 Å². The third-order valence-corrected chi connectivity index (χ3v) is 1.05. The van der Waals surface area contributed by atoms with Crippen LogP contribution in [0.4, 0.5) is 0 Å². The molecule has 0 aliphatic heterocycles. The molecule has 0 fully saturated rings. The molecule has 1 aromatic heterocycles. The van der Waals surface area contributed by atoms with E-state index in [1.165, 1.54) is 0 Å². The lowest BCUT2D eigenvalue weighted by atomic mass is 10.4. The quantitative estimate of drug-likeness (QED) is 0.444. The van der Waals surface area contributed by atoms with E-state index in [1.807, 2.05) is 6.07 Å². The first-order chi connectivity index (χ1) is 4.34. The van der Waals surface area contributed by atoms with Gasteiger partial charge in [0.2, 0.25) is 5.69 Å². The second-order valence-corrected chi connectivity index (χ2v) is 1.69. The monoisotopic (exact) mass is 120 g/mol. The fourth-order valence-corrected chi connectivity index (χ4v) is 0.548. The van der Waals surface area contributed by atoms with Crippen molar-refractivity contribution in [3.63, 3.8) is 0 Å². The van der Waals surface area contributed by atoms with Gasteiger partial charge in [-0.05, 0) is 0 Å². The average Bonchev–Trinajstić information content (AvgIpc) is 1.89. The molecule has 0 N–H and O–H groups in total. The predicted molar refractivity (Wildman–Crippen MR) is 30.1 cm³/mol. The minimum Gasteiger partial charge on any atom is -0.224 e. The number of aromatic nitrogens is 2. The molecule has 0 radical (unpaired) electrons. The van der Waals surface area contributed by atoms with E-state index in [2.05, 4.69) is 4.98 Å². The maximum atomic E-state index is 8.42. The van der Waals surface area contributed by atoms with Crippen LogP contribution in [0.25, 0.3) is 0 Å². The molecule has 3 nitrogen and oxygen atoms in total. The average molecular weight is 120 g/mol. The molecule has 0 unspecified atom stereocenters. The van der Waals surface area contributed by atoms with Gasteiger partial charge >= 0.3 is 0 Å². The number of hydrogen-bond acceptors (Lipinski definition) is 2. The fraction of sp³-hybridized carbons (Fsp3) is 0.167. The van der Waals surface area contributed by atoms with E-state index in [4.69, 9.17) is 5.26 Å². The third kappa shape index (κ3) is 1.03. The maximum Gasteiger partial charge on any atom is 0.286 e. The molecule has 0 aromatic carbocycles. The summed E-state index contributed by atoms with van der Waals surface area (Å²) < 4.78 is 1.67. The number of hydrogen-bond donors (Lipinski definition) is 0. The normalized spacial score (nSPS) is 8.44. The van der Waals surface area contributed by atoms with Crippen LogP contribution in [0, 0.1) is 11.3 Å². The highest BCUT2D eigenvalue weighted by Crippen LogP contribution is 1.80. The molecule has 1 heterocycles. The van der Waals surface area contributed by atoms with Gasteiger partial charge in [0.25, 0.3) is 6.33 Å². The third-order valence-electron chi connectivity index (χ3n) is 1.05. The van der Waals surface area contributed by atoms with Gasteiger partial charge in [0.1, 0.15) is 12.3 Å². The predicted octanol–water partition coefficient (Wildman–Crippen LogP) is -0.222. The molecule has 44 valence electrons. The second kappa shape index (κ2) is 2.23. The molecule has 0 atom stereocenters. The van der Waals surface area contributed by atoms with Crippen LogP contribution in [-0.2, 0) is 7.05 Å².